The summed E-state index contributed by atoms with van der Waals surface area (Å²) in [6.45, 7) is 11.2. The van der Waals surface area contributed by atoms with E-state index in [1.807, 2.05) is 6.07 Å². The molecule has 118 valence electrons. The van der Waals surface area contributed by atoms with Crippen molar-refractivity contribution in [3.63, 3.8) is 0 Å². The minimum Gasteiger partial charge on any atom is -0.491 e. The molecule has 0 bridgehead atoms. The summed E-state index contributed by atoms with van der Waals surface area (Å²) in [5.74, 6) is 2.57. The summed E-state index contributed by atoms with van der Waals surface area (Å²) in [6, 6.07) is 9.52. The van der Waals surface area contributed by atoms with Gasteiger partial charge in [-0.2, -0.15) is 0 Å². The van der Waals surface area contributed by atoms with Crippen molar-refractivity contribution in [2.75, 3.05) is 0 Å². The summed E-state index contributed by atoms with van der Waals surface area (Å²) in [4.78, 5) is 0. The van der Waals surface area contributed by atoms with Crippen molar-refractivity contribution in [2.45, 2.75) is 72.1 Å². The molecule has 1 saturated carbocycles. The highest BCUT2D eigenvalue weighted by molar-refractivity contribution is 5.30. The van der Waals surface area contributed by atoms with Gasteiger partial charge in [0, 0.05) is 12.1 Å². The first-order chi connectivity index (χ1) is 9.97. The predicted octanol–water partition coefficient (Wildman–Crippen LogP) is 4.95. The Morgan fingerprint density at radius 1 is 1.14 bits per heavy atom. The quantitative estimate of drug-likeness (QED) is 0.828. The van der Waals surface area contributed by atoms with E-state index in [9.17, 15) is 0 Å². The zero-order valence-corrected chi connectivity index (χ0v) is 14.2. The fraction of sp³-hybridized carbons (Fsp3) is 0.684. The number of benzene rings is 1. The third kappa shape index (κ3) is 4.47. The molecule has 21 heavy (non-hydrogen) atoms. The van der Waals surface area contributed by atoms with Gasteiger partial charge in [-0.25, -0.2) is 0 Å². The standard InChI is InChI=1S/C19H31NO/c1-13(2)21-18-10-7-9-17(12-18)16(5)20-19-11-6-8-14(3)15(19)4/h7,9-10,12-16,19-20H,6,8,11H2,1-5H3. The van der Waals surface area contributed by atoms with E-state index in [1.165, 1.54) is 24.8 Å². The molecule has 1 aromatic rings. The molecule has 1 fully saturated rings. The molecule has 1 aliphatic rings. The van der Waals surface area contributed by atoms with Crippen LogP contribution in [0, 0.1) is 11.8 Å². The summed E-state index contributed by atoms with van der Waals surface area (Å²) in [6.07, 6.45) is 4.26. The Hall–Kier alpha value is -1.02. The normalized spacial score (nSPS) is 27.6. The number of rotatable bonds is 5. The van der Waals surface area contributed by atoms with E-state index in [2.05, 4.69) is 58.1 Å². The second kappa shape index (κ2) is 7.31. The lowest BCUT2D eigenvalue weighted by Gasteiger charge is -2.36. The van der Waals surface area contributed by atoms with Crippen molar-refractivity contribution in [1.29, 1.82) is 0 Å². The first kappa shape index (κ1) is 16.4. The Balaban J connectivity index is 2.01. The van der Waals surface area contributed by atoms with Gasteiger partial charge in [0.1, 0.15) is 5.75 Å². The average molecular weight is 289 g/mol. The van der Waals surface area contributed by atoms with Gasteiger partial charge in [-0.05, 0) is 56.7 Å². The van der Waals surface area contributed by atoms with Crippen LogP contribution in [0.15, 0.2) is 24.3 Å². The maximum absolute atomic E-state index is 5.81. The molecular formula is C19H31NO. The second-order valence-electron chi connectivity index (χ2n) is 7.00. The summed E-state index contributed by atoms with van der Waals surface area (Å²) in [5, 5.41) is 3.84. The van der Waals surface area contributed by atoms with E-state index in [0.717, 1.165) is 17.6 Å². The van der Waals surface area contributed by atoms with E-state index in [0.29, 0.717) is 12.1 Å². The van der Waals surface area contributed by atoms with Crippen LogP contribution in [0.5, 0.6) is 5.75 Å². The fourth-order valence-corrected chi connectivity index (χ4v) is 3.36. The van der Waals surface area contributed by atoms with Gasteiger partial charge < -0.3 is 10.1 Å². The Labute approximate surface area is 130 Å². The van der Waals surface area contributed by atoms with Crippen molar-refractivity contribution >= 4 is 0 Å². The highest BCUT2D eigenvalue weighted by Crippen LogP contribution is 2.31. The van der Waals surface area contributed by atoms with E-state index < -0.39 is 0 Å². The van der Waals surface area contributed by atoms with E-state index in [1.54, 1.807) is 0 Å². The number of nitrogens with one attached hydrogen (secondary N) is 1. The van der Waals surface area contributed by atoms with Gasteiger partial charge in [0.15, 0.2) is 0 Å². The van der Waals surface area contributed by atoms with Gasteiger partial charge in [0.2, 0.25) is 0 Å². The minimum atomic E-state index is 0.225. The van der Waals surface area contributed by atoms with Crippen LogP contribution in [0.2, 0.25) is 0 Å². The van der Waals surface area contributed by atoms with Gasteiger partial charge in [0.25, 0.3) is 0 Å². The van der Waals surface area contributed by atoms with Crippen LogP contribution in [0.4, 0.5) is 0 Å². The molecule has 2 nitrogen and oxygen atoms in total. The van der Waals surface area contributed by atoms with Crippen molar-refractivity contribution in [3.8, 4) is 5.75 Å². The van der Waals surface area contributed by atoms with Gasteiger partial charge in [-0.3, -0.25) is 0 Å². The molecule has 0 heterocycles. The maximum atomic E-state index is 5.81. The maximum Gasteiger partial charge on any atom is 0.120 e. The summed E-state index contributed by atoms with van der Waals surface area (Å²) >= 11 is 0. The molecular weight excluding hydrogens is 258 g/mol. The SMILES string of the molecule is CC(C)Oc1cccc(C(C)NC2CCCC(C)C2C)c1. The zero-order valence-electron chi connectivity index (χ0n) is 14.2. The van der Waals surface area contributed by atoms with Crippen LogP contribution in [-0.4, -0.2) is 12.1 Å². The first-order valence-corrected chi connectivity index (χ1v) is 8.50. The Kier molecular flexibility index (Phi) is 5.69. The van der Waals surface area contributed by atoms with Gasteiger partial charge in [-0.1, -0.05) is 38.8 Å². The number of hydrogen-bond acceptors (Lipinski definition) is 2. The van der Waals surface area contributed by atoms with Crippen molar-refractivity contribution < 1.29 is 4.74 Å². The molecule has 2 heteroatoms. The molecule has 0 amide bonds. The van der Waals surface area contributed by atoms with Crippen molar-refractivity contribution in [2.24, 2.45) is 11.8 Å². The molecule has 0 aliphatic heterocycles. The smallest absolute Gasteiger partial charge is 0.120 e. The lowest BCUT2D eigenvalue weighted by atomic mass is 9.77. The van der Waals surface area contributed by atoms with E-state index >= 15 is 0 Å². The van der Waals surface area contributed by atoms with Crippen LogP contribution in [0.1, 0.15) is 65.5 Å². The highest BCUT2D eigenvalue weighted by atomic mass is 16.5. The summed E-state index contributed by atoms with van der Waals surface area (Å²) < 4.78 is 5.81. The van der Waals surface area contributed by atoms with Crippen molar-refractivity contribution in [3.05, 3.63) is 29.8 Å². The van der Waals surface area contributed by atoms with Gasteiger partial charge >= 0.3 is 0 Å². The molecule has 0 aromatic heterocycles. The fourth-order valence-electron chi connectivity index (χ4n) is 3.36. The van der Waals surface area contributed by atoms with E-state index in [4.69, 9.17) is 4.74 Å². The molecule has 4 unspecified atom stereocenters. The molecule has 1 aromatic carbocycles. The van der Waals surface area contributed by atoms with E-state index in [-0.39, 0.29) is 6.10 Å². The average Bonchev–Trinajstić information content (AvgIpc) is 2.43. The topological polar surface area (TPSA) is 21.3 Å². The Bertz CT molecular complexity index is 443. The summed E-state index contributed by atoms with van der Waals surface area (Å²) in [5.41, 5.74) is 1.32. The van der Waals surface area contributed by atoms with Crippen molar-refractivity contribution in [1.82, 2.24) is 5.32 Å². The lowest BCUT2D eigenvalue weighted by Crippen LogP contribution is -2.41. The van der Waals surface area contributed by atoms with Crippen LogP contribution < -0.4 is 10.1 Å². The zero-order chi connectivity index (χ0) is 15.4. The number of ether oxygens (including phenoxy) is 1. The molecule has 0 radical (unpaired) electrons. The molecule has 1 aliphatic carbocycles. The largest absolute Gasteiger partial charge is 0.491 e. The lowest BCUT2D eigenvalue weighted by molar-refractivity contribution is 0.196. The van der Waals surface area contributed by atoms with Crippen LogP contribution in [-0.2, 0) is 0 Å². The second-order valence-corrected chi connectivity index (χ2v) is 7.00. The highest BCUT2D eigenvalue weighted by Gasteiger charge is 2.27. The van der Waals surface area contributed by atoms with Gasteiger partial charge in [-0.15, -0.1) is 0 Å². The molecule has 0 spiro atoms. The van der Waals surface area contributed by atoms with Crippen LogP contribution >= 0.6 is 0 Å². The first-order valence-electron chi connectivity index (χ1n) is 8.50. The predicted molar refractivity (Wildman–Crippen MR) is 89.7 cm³/mol. The van der Waals surface area contributed by atoms with Crippen LogP contribution in [0.25, 0.3) is 0 Å². The van der Waals surface area contributed by atoms with Gasteiger partial charge in [0.05, 0.1) is 6.10 Å². The molecule has 2 rings (SSSR count). The molecule has 0 saturated heterocycles. The third-order valence-corrected chi connectivity index (χ3v) is 4.90. The van der Waals surface area contributed by atoms with Crippen LogP contribution in [0.3, 0.4) is 0 Å². The minimum absolute atomic E-state index is 0.225. The molecule has 1 N–H and O–H groups in total. The monoisotopic (exact) mass is 289 g/mol. The Morgan fingerprint density at radius 3 is 2.62 bits per heavy atom. The summed E-state index contributed by atoms with van der Waals surface area (Å²) in [7, 11) is 0. The third-order valence-electron chi connectivity index (χ3n) is 4.90. The molecule has 4 atom stereocenters. The number of hydrogen-bond donors (Lipinski definition) is 1. The Morgan fingerprint density at radius 2 is 1.90 bits per heavy atom.